The average Bonchev–Trinajstić information content (AvgIpc) is 2.61. The van der Waals surface area contributed by atoms with E-state index in [0.29, 0.717) is 5.69 Å². The number of carbonyl (C=O) groups excluding carboxylic acids is 2. The van der Waals surface area contributed by atoms with Crippen molar-refractivity contribution >= 4 is 17.5 Å². The molecule has 0 aliphatic heterocycles. The molecule has 0 radical (unpaired) electrons. The molecule has 0 spiro atoms. The molecule has 2 aromatic rings. The molecule has 1 unspecified atom stereocenters. The lowest BCUT2D eigenvalue weighted by atomic mass is 9.87. The molecule has 5 nitrogen and oxygen atoms in total. The van der Waals surface area contributed by atoms with Gasteiger partial charge in [0, 0.05) is 11.3 Å². The Hall–Kier alpha value is -2.73. The van der Waals surface area contributed by atoms with E-state index in [9.17, 15) is 14.0 Å². The molecule has 0 aliphatic rings. The Morgan fingerprint density at radius 2 is 1.57 bits per heavy atom. The largest absolute Gasteiger partial charge is 0.342 e. The first-order chi connectivity index (χ1) is 13.1. The van der Waals surface area contributed by atoms with Crippen LogP contribution in [0.1, 0.15) is 31.9 Å². The lowest BCUT2D eigenvalue weighted by molar-refractivity contribution is -0.885. The minimum atomic E-state index is -0.370. The second-order valence-electron chi connectivity index (χ2n) is 8.09. The van der Waals surface area contributed by atoms with Gasteiger partial charge in [0.2, 0.25) is 5.91 Å². The number of nitrogens with one attached hydrogen (secondary N) is 3. The van der Waals surface area contributed by atoms with Gasteiger partial charge in [-0.2, -0.15) is 0 Å². The maximum Gasteiger partial charge on any atom is 0.275 e. The van der Waals surface area contributed by atoms with Gasteiger partial charge in [0.1, 0.15) is 12.4 Å². The molecule has 0 aromatic heterocycles. The summed E-state index contributed by atoms with van der Waals surface area (Å²) in [5.74, 6) is -0.918. The predicted molar refractivity (Wildman–Crippen MR) is 109 cm³/mol. The molecular formula is C22H29FN3O2+. The normalized spacial score (nSPS) is 12.3. The van der Waals surface area contributed by atoms with Crippen LogP contribution in [0.4, 0.5) is 10.1 Å². The van der Waals surface area contributed by atoms with Gasteiger partial charge in [-0.15, -0.1) is 0 Å². The zero-order valence-corrected chi connectivity index (χ0v) is 16.9. The molecule has 150 valence electrons. The van der Waals surface area contributed by atoms with Crippen molar-refractivity contribution in [3.8, 4) is 0 Å². The summed E-state index contributed by atoms with van der Waals surface area (Å²) in [5, 5.41) is 5.22. The highest BCUT2D eigenvalue weighted by molar-refractivity contribution is 5.94. The molecule has 2 rings (SSSR count). The Labute approximate surface area is 165 Å². The maximum absolute atomic E-state index is 12.9. The van der Waals surface area contributed by atoms with Crippen LogP contribution in [-0.2, 0) is 21.5 Å². The van der Waals surface area contributed by atoms with Crippen LogP contribution in [0, 0.1) is 5.82 Å². The smallest absolute Gasteiger partial charge is 0.275 e. The number of carbonyl (C=O) groups is 2. The lowest BCUT2D eigenvalue weighted by Crippen LogP contribution is -3.08. The summed E-state index contributed by atoms with van der Waals surface area (Å²) in [4.78, 5) is 25.0. The van der Waals surface area contributed by atoms with Crippen LogP contribution in [0.2, 0.25) is 0 Å². The molecule has 2 aromatic carbocycles. The molecule has 6 heteroatoms. The summed E-state index contributed by atoms with van der Waals surface area (Å²) in [7, 11) is 1.94. The van der Waals surface area contributed by atoms with Gasteiger partial charge in [0.05, 0.1) is 13.6 Å². The van der Waals surface area contributed by atoms with E-state index in [2.05, 4.69) is 55.7 Å². The van der Waals surface area contributed by atoms with Crippen molar-refractivity contribution in [3.05, 3.63) is 65.5 Å². The highest BCUT2D eigenvalue weighted by Crippen LogP contribution is 2.21. The van der Waals surface area contributed by atoms with Crippen LogP contribution in [0.5, 0.6) is 0 Å². The number of benzene rings is 2. The first-order valence-corrected chi connectivity index (χ1v) is 9.36. The number of hydrogen-bond acceptors (Lipinski definition) is 2. The Morgan fingerprint density at radius 3 is 2.14 bits per heavy atom. The first kappa shape index (κ1) is 21.6. The summed E-state index contributed by atoms with van der Waals surface area (Å²) in [6.07, 6.45) is 0. The van der Waals surface area contributed by atoms with E-state index in [1.54, 1.807) is 0 Å². The second-order valence-corrected chi connectivity index (χ2v) is 8.09. The van der Waals surface area contributed by atoms with E-state index in [-0.39, 0.29) is 36.1 Å². The molecular weight excluding hydrogens is 357 g/mol. The highest BCUT2D eigenvalue weighted by atomic mass is 19.1. The van der Waals surface area contributed by atoms with Crippen molar-refractivity contribution in [3.63, 3.8) is 0 Å². The molecule has 2 amide bonds. The van der Waals surface area contributed by atoms with Crippen molar-refractivity contribution in [2.45, 2.75) is 32.7 Å². The van der Waals surface area contributed by atoms with E-state index < -0.39 is 0 Å². The van der Waals surface area contributed by atoms with Crippen LogP contribution in [0.15, 0.2) is 48.5 Å². The van der Waals surface area contributed by atoms with Gasteiger partial charge < -0.3 is 15.5 Å². The predicted octanol–water partition coefficient (Wildman–Crippen LogP) is 1.89. The maximum atomic E-state index is 12.9. The molecule has 0 aliphatic carbocycles. The van der Waals surface area contributed by atoms with Gasteiger partial charge in [-0.3, -0.25) is 9.59 Å². The molecule has 0 saturated heterocycles. The molecule has 0 bridgehead atoms. The molecule has 0 fully saturated rings. The molecule has 3 N–H and O–H groups in total. The summed E-state index contributed by atoms with van der Waals surface area (Å²) >= 11 is 0. The van der Waals surface area contributed by atoms with Crippen molar-refractivity contribution in [1.82, 2.24) is 5.32 Å². The van der Waals surface area contributed by atoms with Crippen molar-refractivity contribution < 1.29 is 18.9 Å². The Balaban J connectivity index is 1.74. The number of quaternary nitrogens is 1. The number of amides is 2. The molecule has 0 saturated carbocycles. The fourth-order valence-electron chi connectivity index (χ4n) is 2.79. The van der Waals surface area contributed by atoms with Gasteiger partial charge in [0.15, 0.2) is 6.54 Å². The first-order valence-electron chi connectivity index (χ1n) is 9.36. The third kappa shape index (κ3) is 7.12. The van der Waals surface area contributed by atoms with Gasteiger partial charge >= 0.3 is 0 Å². The van der Waals surface area contributed by atoms with Gasteiger partial charge in [-0.05, 0) is 35.2 Å². The lowest BCUT2D eigenvalue weighted by Gasteiger charge is -2.19. The molecule has 28 heavy (non-hydrogen) atoms. The Bertz CT molecular complexity index is 796. The quantitative estimate of drug-likeness (QED) is 0.681. The van der Waals surface area contributed by atoms with Crippen LogP contribution in [0.3, 0.4) is 0 Å². The van der Waals surface area contributed by atoms with E-state index in [0.717, 1.165) is 17.0 Å². The minimum absolute atomic E-state index is 0.117. The minimum Gasteiger partial charge on any atom is -0.342 e. The zero-order valence-electron chi connectivity index (χ0n) is 16.9. The second kappa shape index (κ2) is 9.46. The van der Waals surface area contributed by atoms with Crippen LogP contribution in [-0.4, -0.2) is 32.0 Å². The zero-order chi connectivity index (χ0) is 20.7. The van der Waals surface area contributed by atoms with Crippen LogP contribution in [0.25, 0.3) is 0 Å². The Morgan fingerprint density at radius 1 is 0.964 bits per heavy atom. The van der Waals surface area contributed by atoms with Crippen molar-refractivity contribution in [1.29, 1.82) is 0 Å². The van der Waals surface area contributed by atoms with Crippen molar-refractivity contribution in [2.24, 2.45) is 0 Å². The highest BCUT2D eigenvalue weighted by Gasteiger charge is 2.15. The standard InChI is InChI=1S/C22H28FN3O2/c1-22(2,3)17-7-5-16(6-8-17)14-26(4)15-21(28)24-13-20(27)25-19-11-9-18(23)10-12-19/h5-12H,13-15H2,1-4H3,(H,24,28)(H,25,27)/p+1. The van der Waals surface area contributed by atoms with E-state index in [1.165, 1.54) is 29.8 Å². The topological polar surface area (TPSA) is 62.6 Å². The Kier molecular flexibility index (Phi) is 7.29. The van der Waals surface area contributed by atoms with Crippen LogP contribution < -0.4 is 15.5 Å². The van der Waals surface area contributed by atoms with E-state index in [1.807, 2.05) is 7.05 Å². The fraction of sp³-hybridized carbons (Fsp3) is 0.364. The van der Waals surface area contributed by atoms with Gasteiger partial charge in [-0.1, -0.05) is 45.0 Å². The van der Waals surface area contributed by atoms with Gasteiger partial charge in [0.25, 0.3) is 5.91 Å². The summed E-state index contributed by atoms with van der Waals surface area (Å²) in [6.45, 7) is 7.40. The van der Waals surface area contributed by atoms with Crippen LogP contribution >= 0.6 is 0 Å². The van der Waals surface area contributed by atoms with Crippen molar-refractivity contribution in [2.75, 3.05) is 25.5 Å². The number of hydrogen-bond donors (Lipinski definition) is 3. The number of halogens is 1. The van der Waals surface area contributed by atoms with E-state index >= 15 is 0 Å². The summed E-state index contributed by atoms with van der Waals surface area (Å²) < 4.78 is 12.9. The third-order valence-corrected chi connectivity index (χ3v) is 4.36. The average molecular weight is 386 g/mol. The summed E-state index contributed by atoms with van der Waals surface area (Å²) in [5.41, 5.74) is 3.04. The third-order valence-electron chi connectivity index (χ3n) is 4.36. The number of rotatable bonds is 7. The van der Waals surface area contributed by atoms with E-state index in [4.69, 9.17) is 0 Å². The fourth-order valence-corrected chi connectivity index (χ4v) is 2.79. The number of likely N-dealkylation sites (N-methyl/N-ethyl adjacent to an activating group) is 1. The number of anilines is 1. The van der Waals surface area contributed by atoms with Gasteiger partial charge in [-0.25, -0.2) is 4.39 Å². The SMILES string of the molecule is C[NH+](CC(=O)NCC(=O)Nc1ccc(F)cc1)Cc1ccc(C(C)(C)C)cc1. The summed E-state index contributed by atoms with van der Waals surface area (Å²) in [6, 6.07) is 13.9. The molecule has 1 atom stereocenters. The molecule has 0 heterocycles. The monoisotopic (exact) mass is 386 g/mol.